The highest BCUT2D eigenvalue weighted by Gasteiger charge is 2.06. The summed E-state index contributed by atoms with van der Waals surface area (Å²) in [5.41, 5.74) is 0.681. The molecule has 0 aliphatic carbocycles. The Bertz CT molecular complexity index is 730. The van der Waals surface area contributed by atoms with Crippen LogP contribution in [0.15, 0.2) is 48.7 Å². The molecule has 23 heavy (non-hydrogen) atoms. The van der Waals surface area contributed by atoms with Gasteiger partial charge in [0.1, 0.15) is 5.82 Å². The van der Waals surface area contributed by atoms with E-state index >= 15 is 0 Å². The van der Waals surface area contributed by atoms with Gasteiger partial charge >= 0.3 is 5.97 Å². The Balaban J connectivity index is 1.81. The number of pyridine rings is 1. The number of carbonyl (C=O) groups is 2. The van der Waals surface area contributed by atoms with Gasteiger partial charge in [-0.2, -0.15) is 0 Å². The molecule has 1 N–H and O–H groups in total. The van der Waals surface area contributed by atoms with Gasteiger partial charge in [0.2, 0.25) is 0 Å². The molecule has 0 fully saturated rings. The van der Waals surface area contributed by atoms with Crippen molar-refractivity contribution in [3.8, 4) is 0 Å². The third-order valence-corrected chi connectivity index (χ3v) is 3.21. The normalized spacial score (nSPS) is 10.5. The summed E-state index contributed by atoms with van der Waals surface area (Å²) in [6.07, 6.45) is 4.12. The first-order chi connectivity index (χ1) is 11.0. The molecule has 2 rings (SSSR count). The average molecular weight is 351 g/mol. The van der Waals surface area contributed by atoms with E-state index < -0.39 is 18.5 Å². The molecule has 1 heterocycles. The number of nitrogens with zero attached hydrogens (tertiary/aromatic N) is 1. The number of ether oxygens (including phenoxy) is 1. The molecule has 1 aromatic heterocycles. The fourth-order valence-electron chi connectivity index (χ4n) is 1.58. The molecule has 0 aliphatic rings. The van der Waals surface area contributed by atoms with Crippen LogP contribution in [0.5, 0.6) is 0 Å². The minimum atomic E-state index is -0.649. The maximum Gasteiger partial charge on any atom is 0.331 e. The molecule has 0 atom stereocenters. The predicted molar refractivity (Wildman–Crippen MR) is 89.3 cm³/mol. The second-order valence-corrected chi connectivity index (χ2v) is 5.22. The predicted octanol–water partition coefficient (Wildman–Crippen LogP) is 3.58. The molecule has 5 nitrogen and oxygen atoms in total. The second kappa shape index (κ2) is 8.31. The lowest BCUT2D eigenvalue weighted by atomic mass is 10.2. The van der Waals surface area contributed by atoms with E-state index in [2.05, 4.69) is 10.3 Å². The van der Waals surface area contributed by atoms with Gasteiger partial charge in [-0.1, -0.05) is 41.4 Å². The van der Waals surface area contributed by atoms with Crippen LogP contribution in [-0.4, -0.2) is 23.5 Å². The molecule has 0 radical (unpaired) electrons. The van der Waals surface area contributed by atoms with Crippen molar-refractivity contribution >= 4 is 47.0 Å². The van der Waals surface area contributed by atoms with E-state index in [1.54, 1.807) is 36.4 Å². The minimum Gasteiger partial charge on any atom is -0.452 e. The van der Waals surface area contributed by atoms with Gasteiger partial charge in [-0.05, 0) is 29.8 Å². The first kappa shape index (κ1) is 17.0. The first-order valence-electron chi connectivity index (χ1n) is 6.55. The summed E-state index contributed by atoms with van der Waals surface area (Å²) < 4.78 is 4.83. The van der Waals surface area contributed by atoms with Crippen LogP contribution in [0, 0.1) is 0 Å². The van der Waals surface area contributed by atoms with Gasteiger partial charge in [0.15, 0.2) is 6.61 Å². The van der Waals surface area contributed by atoms with Crippen molar-refractivity contribution in [2.24, 2.45) is 0 Å². The zero-order chi connectivity index (χ0) is 16.7. The number of carbonyl (C=O) groups excluding carboxylic acids is 2. The van der Waals surface area contributed by atoms with Crippen LogP contribution in [0.4, 0.5) is 5.82 Å². The van der Waals surface area contributed by atoms with Crippen LogP contribution in [-0.2, 0) is 14.3 Å². The van der Waals surface area contributed by atoms with Crippen LogP contribution in [0.3, 0.4) is 0 Å². The van der Waals surface area contributed by atoms with E-state index in [0.29, 0.717) is 21.4 Å². The molecule has 0 bridgehead atoms. The molecule has 0 unspecified atom stereocenters. The number of halogens is 2. The second-order valence-electron chi connectivity index (χ2n) is 4.37. The Morgan fingerprint density at radius 3 is 2.65 bits per heavy atom. The van der Waals surface area contributed by atoms with Crippen molar-refractivity contribution in [1.29, 1.82) is 0 Å². The standard InChI is InChI=1S/C16H12Cl2N2O3/c17-12-6-7-14(19-9-12)20-15(21)10-23-16(22)8-5-11-3-1-2-4-13(11)18/h1-9H,10H2,(H,19,20,21)/b8-5+. The molecule has 0 saturated carbocycles. The maximum absolute atomic E-state index is 11.6. The molecule has 0 saturated heterocycles. The summed E-state index contributed by atoms with van der Waals surface area (Å²) in [5.74, 6) is -0.828. The van der Waals surface area contributed by atoms with Gasteiger partial charge in [0.05, 0.1) is 5.02 Å². The summed E-state index contributed by atoms with van der Waals surface area (Å²) in [6, 6.07) is 10.2. The molecule has 0 aliphatic heterocycles. The molecule has 118 valence electrons. The Hall–Kier alpha value is -2.37. The average Bonchev–Trinajstić information content (AvgIpc) is 2.54. The SMILES string of the molecule is O=C(COC(=O)/C=C/c1ccccc1Cl)Nc1ccc(Cl)cn1. The van der Waals surface area contributed by atoms with Gasteiger partial charge in [0.25, 0.3) is 5.91 Å². The van der Waals surface area contributed by atoms with Gasteiger partial charge in [-0.15, -0.1) is 0 Å². The van der Waals surface area contributed by atoms with Crippen molar-refractivity contribution in [3.05, 3.63) is 64.3 Å². The van der Waals surface area contributed by atoms with Crippen LogP contribution in [0.1, 0.15) is 5.56 Å². The lowest BCUT2D eigenvalue weighted by molar-refractivity contribution is -0.142. The number of amides is 1. The fourth-order valence-corrected chi connectivity index (χ4v) is 1.89. The fraction of sp³-hybridized carbons (Fsp3) is 0.0625. The number of hydrogen-bond donors (Lipinski definition) is 1. The summed E-state index contributed by atoms with van der Waals surface area (Å²) in [7, 11) is 0. The zero-order valence-corrected chi connectivity index (χ0v) is 13.3. The quantitative estimate of drug-likeness (QED) is 0.660. The first-order valence-corrected chi connectivity index (χ1v) is 7.31. The number of aromatic nitrogens is 1. The van der Waals surface area contributed by atoms with Crippen LogP contribution in [0.2, 0.25) is 10.0 Å². The molecule has 2 aromatic rings. The highest BCUT2D eigenvalue weighted by Crippen LogP contribution is 2.16. The van der Waals surface area contributed by atoms with E-state index in [1.165, 1.54) is 18.3 Å². The van der Waals surface area contributed by atoms with Gasteiger partial charge < -0.3 is 10.1 Å². The van der Waals surface area contributed by atoms with E-state index in [1.807, 2.05) is 0 Å². The Kier molecular flexibility index (Phi) is 6.14. The van der Waals surface area contributed by atoms with Gasteiger partial charge in [-0.25, -0.2) is 9.78 Å². The molecule has 7 heteroatoms. The minimum absolute atomic E-state index is 0.321. The number of rotatable bonds is 5. The topological polar surface area (TPSA) is 68.3 Å². The van der Waals surface area contributed by atoms with Crippen molar-refractivity contribution in [1.82, 2.24) is 4.98 Å². The monoisotopic (exact) mass is 350 g/mol. The lowest BCUT2D eigenvalue weighted by Gasteiger charge is -2.04. The molecule has 1 amide bonds. The number of nitrogens with one attached hydrogen (secondary N) is 1. The Labute approximate surface area is 142 Å². The van der Waals surface area contributed by atoms with Crippen LogP contribution >= 0.6 is 23.2 Å². The molecule has 1 aromatic carbocycles. The van der Waals surface area contributed by atoms with E-state index in [9.17, 15) is 9.59 Å². The zero-order valence-electron chi connectivity index (χ0n) is 11.8. The largest absolute Gasteiger partial charge is 0.452 e. The molecular formula is C16H12Cl2N2O3. The maximum atomic E-state index is 11.6. The third-order valence-electron chi connectivity index (χ3n) is 2.64. The summed E-state index contributed by atoms with van der Waals surface area (Å²) in [5, 5.41) is 3.45. The Morgan fingerprint density at radius 2 is 1.96 bits per heavy atom. The summed E-state index contributed by atoms with van der Waals surface area (Å²) in [4.78, 5) is 27.1. The third kappa shape index (κ3) is 5.73. The Morgan fingerprint density at radius 1 is 1.17 bits per heavy atom. The van der Waals surface area contributed by atoms with E-state index in [4.69, 9.17) is 27.9 Å². The van der Waals surface area contributed by atoms with Crippen molar-refractivity contribution in [2.45, 2.75) is 0 Å². The van der Waals surface area contributed by atoms with Crippen molar-refractivity contribution < 1.29 is 14.3 Å². The van der Waals surface area contributed by atoms with Crippen molar-refractivity contribution in [3.63, 3.8) is 0 Å². The molecule has 0 spiro atoms. The van der Waals surface area contributed by atoms with Gasteiger partial charge in [-0.3, -0.25) is 4.79 Å². The number of hydrogen-bond acceptors (Lipinski definition) is 4. The molecular weight excluding hydrogens is 339 g/mol. The van der Waals surface area contributed by atoms with E-state index in [-0.39, 0.29) is 0 Å². The summed E-state index contributed by atoms with van der Waals surface area (Å²) >= 11 is 11.6. The lowest BCUT2D eigenvalue weighted by Crippen LogP contribution is -2.20. The van der Waals surface area contributed by atoms with Crippen LogP contribution in [0.25, 0.3) is 6.08 Å². The number of anilines is 1. The number of esters is 1. The highest BCUT2D eigenvalue weighted by molar-refractivity contribution is 6.32. The number of benzene rings is 1. The summed E-state index contributed by atoms with van der Waals surface area (Å²) in [6.45, 7) is -0.421. The smallest absolute Gasteiger partial charge is 0.331 e. The van der Waals surface area contributed by atoms with Crippen LogP contribution < -0.4 is 5.32 Å². The van der Waals surface area contributed by atoms with Crippen molar-refractivity contribution in [2.75, 3.05) is 11.9 Å². The highest BCUT2D eigenvalue weighted by atomic mass is 35.5. The van der Waals surface area contributed by atoms with Gasteiger partial charge in [0, 0.05) is 17.3 Å². The van der Waals surface area contributed by atoms with E-state index in [0.717, 1.165) is 0 Å².